The van der Waals surface area contributed by atoms with Crippen molar-refractivity contribution >= 4 is 11.6 Å². The van der Waals surface area contributed by atoms with Gasteiger partial charge in [-0.25, -0.2) is 0 Å². The van der Waals surface area contributed by atoms with E-state index in [0.29, 0.717) is 38.3 Å². The number of pyridine rings is 1. The van der Waals surface area contributed by atoms with Gasteiger partial charge in [-0.2, -0.15) is 0 Å². The van der Waals surface area contributed by atoms with E-state index in [-0.39, 0.29) is 5.91 Å². The van der Waals surface area contributed by atoms with Crippen LogP contribution in [0, 0.1) is 0 Å². The number of hydrogen-bond donors (Lipinski definition) is 2. The molecule has 0 spiro atoms. The van der Waals surface area contributed by atoms with Crippen LogP contribution in [0.4, 0.5) is 5.69 Å². The van der Waals surface area contributed by atoms with Crippen LogP contribution in [-0.2, 0) is 4.74 Å². The zero-order valence-electron chi connectivity index (χ0n) is 11.9. The van der Waals surface area contributed by atoms with E-state index in [1.807, 2.05) is 0 Å². The zero-order chi connectivity index (χ0) is 14.6. The maximum Gasteiger partial charge on any atom is 0.272 e. The molecular formula is C14H21N3O3. The second-order valence-corrected chi connectivity index (χ2v) is 5.18. The third kappa shape index (κ3) is 3.46. The summed E-state index contributed by atoms with van der Waals surface area (Å²) in [7, 11) is 3.47. The van der Waals surface area contributed by atoms with Crippen molar-refractivity contribution < 1.29 is 14.6 Å². The number of nitrogens with one attached hydrogen (secondary N) is 1. The summed E-state index contributed by atoms with van der Waals surface area (Å²) in [5, 5.41) is 13.4. The molecule has 2 N–H and O–H groups in total. The molecule has 0 aromatic carbocycles. The molecule has 110 valence electrons. The van der Waals surface area contributed by atoms with Gasteiger partial charge < -0.3 is 20.1 Å². The topological polar surface area (TPSA) is 74.7 Å². The van der Waals surface area contributed by atoms with E-state index in [2.05, 4.69) is 10.3 Å². The molecule has 2 rings (SSSR count). The molecule has 20 heavy (non-hydrogen) atoms. The standard InChI is InChI=1S/C14H21N3O3/c1-15-11-3-6-16-12(9-11)13(18)17(2)10-14(19)4-7-20-8-5-14/h3,6,9,19H,4-5,7-8,10H2,1-2H3,(H,15,16). The first-order valence-electron chi connectivity index (χ1n) is 6.73. The molecule has 2 heterocycles. The number of nitrogens with zero attached hydrogens (tertiary/aromatic N) is 2. The van der Waals surface area contributed by atoms with Crippen LogP contribution < -0.4 is 5.32 Å². The molecule has 1 aromatic rings. The summed E-state index contributed by atoms with van der Waals surface area (Å²) in [6.45, 7) is 1.36. The largest absolute Gasteiger partial charge is 0.388 e. The van der Waals surface area contributed by atoms with Crippen molar-refractivity contribution in [2.75, 3.05) is 39.2 Å². The minimum absolute atomic E-state index is 0.193. The van der Waals surface area contributed by atoms with Gasteiger partial charge in [0.25, 0.3) is 5.91 Å². The number of hydrogen-bond acceptors (Lipinski definition) is 5. The Bertz CT molecular complexity index is 472. The minimum atomic E-state index is -0.858. The number of anilines is 1. The van der Waals surface area contributed by atoms with E-state index in [1.54, 1.807) is 32.4 Å². The first-order chi connectivity index (χ1) is 9.54. The monoisotopic (exact) mass is 279 g/mol. The van der Waals surface area contributed by atoms with Crippen LogP contribution in [0.15, 0.2) is 18.3 Å². The van der Waals surface area contributed by atoms with Crippen LogP contribution in [0.2, 0.25) is 0 Å². The van der Waals surface area contributed by atoms with E-state index in [4.69, 9.17) is 4.74 Å². The maximum atomic E-state index is 12.3. The average Bonchev–Trinajstić information content (AvgIpc) is 2.46. The summed E-state index contributed by atoms with van der Waals surface area (Å²) >= 11 is 0. The lowest BCUT2D eigenvalue weighted by molar-refractivity contribution is -0.0734. The maximum absolute atomic E-state index is 12.3. The van der Waals surface area contributed by atoms with Gasteiger partial charge in [0.2, 0.25) is 0 Å². The second-order valence-electron chi connectivity index (χ2n) is 5.18. The highest BCUT2D eigenvalue weighted by atomic mass is 16.5. The van der Waals surface area contributed by atoms with Crippen LogP contribution in [-0.4, -0.2) is 60.4 Å². The fourth-order valence-electron chi connectivity index (χ4n) is 2.32. The molecule has 0 atom stereocenters. The second kappa shape index (κ2) is 6.19. The summed E-state index contributed by atoms with van der Waals surface area (Å²) in [5.41, 5.74) is 0.347. The molecule has 0 aliphatic carbocycles. The predicted octanol–water partition coefficient (Wildman–Crippen LogP) is 0.737. The Balaban J connectivity index is 2.04. The SMILES string of the molecule is CNc1ccnc(C(=O)N(C)CC2(O)CCOCC2)c1. The first-order valence-corrected chi connectivity index (χ1v) is 6.73. The van der Waals surface area contributed by atoms with Gasteiger partial charge >= 0.3 is 0 Å². The average molecular weight is 279 g/mol. The molecule has 0 bridgehead atoms. The van der Waals surface area contributed by atoms with Crippen molar-refractivity contribution in [2.45, 2.75) is 18.4 Å². The van der Waals surface area contributed by atoms with Crippen molar-refractivity contribution in [3.8, 4) is 0 Å². The van der Waals surface area contributed by atoms with Gasteiger partial charge in [-0.1, -0.05) is 0 Å². The Hall–Kier alpha value is -1.66. The van der Waals surface area contributed by atoms with Crippen LogP contribution in [0.25, 0.3) is 0 Å². The van der Waals surface area contributed by atoms with E-state index >= 15 is 0 Å². The lowest BCUT2D eigenvalue weighted by Gasteiger charge is -2.35. The molecule has 1 amide bonds. The van der Waals surface area contributed by atoms with Crippen LogP contribution in [0.5, 0.6) is 0 Å². The third-order valence-electron chi connectivity index (χ3n) is 3.57. The van der Waals surface area contributed by atoms with Crippen LogP contribution >= 0.6 is 0 Å². The van der Waals surface area contributed by atoms with Gasteiger partial charge in [0, 0.05) is 58.6 Å². The van der Waals surface area contributed by atoms with Crippen molar-refractivity contribution in [2.24, 2.45) is 0 Å². The van der Waals surface area contributed by atoms with Gasteiger partial charge in [-0.15, -0.1) is 0 Å². The zero-order valence-corrected chi connectivity index (χ0v) is 11.9. The van der Waals surface area contributed by atoms with Gasteiger partial charge in [0.15, 0.2) is 0 Å². The number of aliphatic hydroxyl groups is 1. The number of rotatable bonds is 4. The summed E-state index contributed by atoms with van der Waals surface area (Å²) in [5.74, 6) is -0.193. The van der Waals surface area contributed by atoms with Crippen molar-refractivity contribution in [3.63, 3.8) is 0 Å². The highest BCUT2D eigenvalue weighted by molar-refractivity contribution is 5.93. The molecule has 1 fully saturated rings. The first kappa shape index (κ1) is 14.7. The van der Waals surface area contributed by atoms with Gasteiger partial charge in [0.05, 0.1) is 5.60 Å². The Morgan fingerprint density at radius 3 is 2.90 bits per heavy atom. The Kier molecular flexibility index (Phi) is 4.57. The Morgan fingerprint density at radius 2 is 2.25 bits per heavy atom. The molecule has 0 saturated carbocycles. The number of aromatic nitrogens is 1. The molecular weight excluding hydrogens is 258 g/mol. The Morgan fingerprint density at radius 1 is 1.55 bits per heavy atom. The minimum Gasteiger partial charge on any atom is -0.388 e. The van der Waals surface area contributed by atoms with E-state index in [9.17, 15) is 9.90 Å². The smallest absolute Gasteiger partial charge is 0.272 e. The van der Waals surface area contributed by atoms with Crippen LogP contribution in [0.1, 0.15) is 23.3 Å². The fourth-order valence-corrected chi connectivity index (χ4v) is 2.32. The Labute approximate surface area is 118 Å². The van der Waals surface area contributed by atoms with E-state index < -0.39 is 5.60 Å². The molecule has 1 aliphatic rings. The number of amides is 1. The number of carbonyl (C=O) groups excluding carboxylic acids is 1. The molecule has 6 nitrogen and oxygen atoms in total. The summed E-state index contributed by atoms with van der Waals surface area (Å²) in [6.07, 6.45) is 2.69. The third-order valence-corrected chi connectivity index (χ3v) is 3.57. The fraction of sp³-hybridized carbons (Fsp3) is 0.571. The number of carbonyl (C=O) groups is 1. The van der Waals surface area contributed by atoms with Gasteiger partial charge in [0.1, 0.15) is 5.69 Å². The van der Waals surface area contributed by atoms with Crippen molar-refractivity contribution in [3.05, 3.63) is 24.0 Å². The highest BCUT2D eigenvalue weighted by Crippen LogP contribution is 2.22. The van der Waals surface area contributed by atoms with Crippen LogP contribution in [0.3, 0.4) is 0 Å². The van der Waals surface area contributed by atoms with E-state index in [1.165, 1.54) is 4.90 Å². The molecule has 6 heteroatoms. The normalized spacial score (nSPS) is 17.6. The number of likely N-dealkylation sites (N-methyl/N-ethyl adjacent to an activating group) is 1. The van der Waals surface area contributed by atoms with Gasteiger partial charge in [-0.3, -0.25) is 9.78 Å². The molecule has 1 aliphatic heterocycles. The van der Waals surface area contributed by atoms with E-state index in [0.717, 1.165) is 5.69 Å². The predicted molar refractivity (Wildman–Crippen MR) is 75.7 cm³/mol. The molecule has 1 saturated heterocycles. The lowest BCUT2D eigenvalue weighted by Crippen LogP contribution is -2.47. The molecule has 0 unspecified atom stereocenters. The quantitative estimate of drug-likeness (QED) is 0.850. The van der Waals surface area contributed by atoms with Crippen molar-refractivity contribution in [1.82, 2.24) is 9.88 Å². The summed E-state index contributed by atoms with van der Waals surface area (Å²) in [4.78, 5) is 17.9. The molecule has 0 radical (unpaired) electrons. The molecule has 1 aromatic heterocycles. The summed E-state index contributed by atoms with van der Waals surface area (Å²) < 4.78 is 5.24. The number of ether oxygens (including phenoxy) is 1. The van der Waals surface area contributed by atoms with Crippen molar-refractivity contribution in [1.29, 1.82) is 0 Å². The lowest BCUT2D eigenvalue weighted by atomic mass is 9.94. The summed E-state index contributed by atoms with van der Waals surface area (Å²) in [6, 6.07) is 3.50. The highest BCUT2D eigenvalue weighted by Gasteiger charge is 2.32. The van der Waals surface area contributed by atoms with Gasteiger partial charge in [-0.05, 0) is 12.1 Å².